The van der Waals surface area contributed by atoms with Gasteiger partial charge in [-0.25, -0.2) is 0 Å². The van der Waals surface area contributed by atoms with Crippen molar-refractivity contribution in [3.05, 3.63) is 124 Å². The number of benzene rings is 3. The summed E-state index contributed by atoms with van der Waals surface area (Å²) in [4.78, 5) is 31.0. The molecule has 0 bridgehead atoms. The van der Waals surface area contributed by atoms with Crippen LogP contribution < -0.4 is 20.3 Å². The van der Waals surface area contributed by atoms with E-state index in [2.05, 4.69) is 10.3 Å². The number of nitrogens with one attached hydrogen (secondary N) is 1. The van der Waals surface area contributed by atoms with Gasteiger partial charge in [-0.3, -0.25) is 14.0 Å². The van der Waals surface area contributed by atoms with Crippen LogP contribution in [0.25, 0.3) is 5.65 Å². The molecule has 43 heavy (non-hydrogen) atoms. The van der Waals surface area contributed by atoms with Crippen LogP contribution in [0.15, 0.2) is 95.9 Å². The van der Waals surface area contributed by atoms with Crippen molar-refractivity contribution in [2.45, 2.75) is 25.4 Å². The lowest BCUT2D eigenvalue weighted by atomic mass is 9.88. The number of phenols is 2. The lowest BCUT2D eigenvalue weighted by Crippen LogP contribution is -2.30. The second-order valence-electron chi connectivity index (χ2n) is 9.95. The third-order valence-corrected chi connectivity index (χ3v) is 7.09. The molecule has 0 radical (unpaired) electrons. The van der Waals surface area contributed by atoms with Crippen molar-refractivity contribution >= 4 is 11.6 Å². The van der Waals surface area contributed by atoms with Gasteiger partial charge in [0, 0.05) is 25.1 Å². The van der Waals surface area contributed by atoms with Gasteiger partial charge in [0.05, 0.1) is 12.7 Å². The van der Waals surface area contributed by atoms with Crippen molar-refractivity contribution in [1.82, 2.24) is 14.7 Å². The standard InChI is InChI=1S/C33H31N3O7/c1-42-28-18-23(11-13-27(28)43-20-22-7-3-2-4-8-22)24(31-32(40)35-29-9-5-6-16-36(29)33(31)41)19-30(39)34-15-14-21-10-12-25(37)26(38)17-21/h2-13,16-18,24,37-38,40H,14-15,19-20H2,1H3,(H,34,39)/t24-/m1/s1. The predicted molar refractivity (Wildman–Crippen MR) is 160 cm³/mol. The minimum absolute atomic E-state index is 0.0256. The minimum atomic E-state index is -0.869. The number of rotatable bonds is 11. The molecule has 1 atom stereocenters. The number of aromatic nitrogens is 2. The Kier molecular flexibility index (Phi) is 8.76. The highest BCUT2D eigenvalue weighted by molar-refractivity contribution is 5.78. The number of nitrogens with zero attached hydrogens (tertiary/aromatic N) is 2. The topological polar surface area (TPSA) is 143 Å². The van der Waals surface area contributed by atoms with Gasteiger partial charge in [0.25, 0.3) is 5.56 Å². The zero-order valence-electron chi connectivity index (χ0n) is 23.4. The average molecular weight is 582 g/mol. The first-order valence-electron chi connectivity index (χ1n) is 13.7. The van der Waals surface area contributed by atoms with E-state index in [-0.39, 0.29) is 41.6 Å². The van der Waals surface area contributed by atoms with Crippen molar-refractivity contribution in [2.24, 2.45) is 0 Å². The van der Waals surface area contributed by atoms with Crippen LogP contribution in [0, 0.1) is 0 Å². The zero-order valence-corrected chi connectivity index (χ0v) is 23.4. The number of amides is 1. The number of hydrogen-bond donors (Lipinski definition) is 4. The molecule has 10 heteroatoms. The van der Waals surface area contributed by atoms with Gasteiger partial charge in [0.1, 0.15) is 12.3 Å². The fraction of sp³-hybridized carbons (Fsp3) is 0.182. The van der Waals surface area contributed by atoms with E-state index in [0.717, 1.165) is 11.1 Å². The first-order chi connectivity index (χ1) is 20.8. The molecule has 0 fully saturated rings. The van der Waals surface area contributed by atoms with E-state index >= 15 is 0 Å². The molecular formula is C33H31N3O7. The van der Waals surface area contributed by atoms with Crippen LogP contribution in [0.4, 0.5) is 0 Å². The number of carbonyl (C=O) groups excluding carboxylic acids is 1. The summed E-state index contributed by atoms with van der Waals surface area (Å²) in [6, 6.07) is 24.3. The summed E-state index contributed by atoms with van der Waals surface area (Å²) in [5, 5.41) is 33.1. The summed E-state index contributed by atoms with van der Waals surface area (Å²) < 4.78 is 12.9. The first-order valence-corrected chi connectivity index (χ1v) is 13.7. The Bertz CT molecular complexity index is 1800. The molecule has 0 saturated carbocycles. The summed E-state index contributed by atoms with van der Waals surface area (Å²) in [5.74, 6) is -1.28. The number of carbonyl (C=O) groups is 1. The zero-order chi connectivity index (χ0) is 30.3. The number of aromatic hydroxyl groups is 3. The Labute approximate surface area is 247 Å². The molecule has 10 nitrogen and oxygen atoms in total. The maximum absolute atomic E-state index is 13.6. The number of hydrogen-bond acceptors (Lipinski definition) is 8. The van der Waals surface area contributed by atoms with Crippen molar-refractivity contribution < 1.29 is 29.6 Å². The molecule has 220 valence electrons. The fourth-order valence-corrected chi connectivity index (χ4v) is 4.87. The SMILES string of the molecule is COc1cc([C@@H](CC(=O)NCCc2ccc(O)c(O)c2)c2c(O)nc3ccccn3c2=O)ccc1OCc1ccccc1. The highest BCUT2D eigenvalue weighted by Crippen LogP contribution is 2.37. The van der Waals surface area contributed by atoms with Crippen LogP contribution in [0.3, 0.4) is 0 Å². The highest BCUT2D eigenvalue weighted by atomic mass is 16.5. The number of pyridine rings is 1. The van der Waals surface area contributed by atoms with Crippen LogP contribution in [0.2, 0.25) is 0 Å². The Morgan fingerprint density at radius 2 is 1.70 bits per heavy atom. The third-order valence-electron chi connectivity index (χ3n) is 7.09. The smallest absolute Gasteiger partial charge is 0.265 e. The van der Waals surface area contributed by atoms with E-state index in [1.54, 1.807) is 48.7 Å². The summed E-state index contributed by atoms with van der Waals surface area (Å²) in [5.41, 5.74) is 2.00. The molecule has 3 aromatic carbocycles. The van der Waals surface area contributed by atoms with Gasteiger partial charge in [-0.15, -0.1) is 0 Å². The summed E-state index contributed by atoms with van der Waals surface area (Å²) in [6.45, 7) is 0.560. The summed E-state index contributed by atoms with van der Waals surface area (Å²) in [6.07, 6.45) is 1.79. The Balaban J connectivity index is 1.43. The number of fused-ring (bicyclic) bond motifs is 1. The quantitative estimate of drug-likeness (QED) is 0.169. The fourth-order valence-electron chi connectivity index (χ4n) is 4.87. The van der Waals surface area contributed by atoms with Crippen molar-refractivity contribution in [1.29, 1.82) is 0 Å². The lowest BCUT2D eigenvalue weighted by Gasteiger charge is -2.20. The Morgan fingerprint density at radius 1 is 0.907 bits per heavy atom. The Morgan fingerprint density at radius 3 is 2.47 bits per heavy atom. The van der Waals surface area contributed by atoms with Gasteiger partial charge in [-0.1, -0.05) is 48.5 Å². The molecule has 0 unspecified atom stereocenters. The van der Waals surface area contributed by atoms with Gasteiger partial charge >= 0.3 is 0 Å². The lowest BCUT2D eigenvalue weighted by molar-refractivity contribution is -0.121. The average Bonchev–Trinajstić information content (AvgIpc) is 3.01. The van der Waals surface area contributed by atoms with Crippen molar-refractivity contribution in [3.8, 4) is 28.9 Å². The van der Waals surface area contributed by atoms with Gasteiger partial charge in [0.15, 0.2) is 23.0 Å². The minimum Gasteiger partial charge on any atom is -0.504 e. The normalized spacial score (nSPS) is 11.7. The molecule has 5 rings (SSSR count). The number of methoxy groups -OCH3 is 1. The maximum Gasteiger partial charge on any atom is 0.265 e. The van der Waals surface area contributed by atoms with Crippen molar-refractivity contribution in [3.63, 3.8) is 0 Å². The summed E-state index contributed by atoms with van der Waals surface area (Å²) >= 11 is 0. The molecule has 0 aliphatic rings. The van der Waals surface area contributed by atoms with Crippen LogP contribution in [-0.4, -0.2) is 44.3 Å². The number of ether oxygens (including phenoxy) is 2. The summed E-state index contributed by atoms with van der Waals surface area (Å²) in [7, 11) is 1.50. The molecule has 2 heterocycles. The Hall–Kier alpha value is -5.51. The second kappa shape index (κ2) is 13.0. The van der Waals surface area contributed by atoms with E-state index in [0.29, 0.717) is 30.1 Å². The number of phenolic OH excluding ortho intramolecular Hbond substituents is 2. The molecule has 0 saturated heterocycles. The second-order valence-corrected chi connectivity index (χ2v) is 9.95. The predicted octanol–water partition coefficient (Wildman–Crippen LogP) is 4.28. The molecule has 5 aromatic rings. The van der Waals surface area contributed by atoms with Gasteiger partial charge in [-0.2, -0.15) is 4.98 Å². The van der Waals surface area contributed by atoms with Crippen LogP contribution in [0.1, 0.15) is 34.6 Å². The van der Waals surface area contributed by atoms with Gasteiger partial charge < -0.3 is 30.1 Å². The van der Waals surface area contributed by atoms with Crippen LogP contribution in [-0.2, 0) is 17.8 Å². The van der Waals surface area contributed by atoms with Gasteiger partial charge in [-0.05, 0) is 59.5 Å². The molecule has 0 aliphatic heterocycles. The first kappa shape index (κ1) is 29.0. The molecule has 0 aliphatic carbocycles. The monoisotopic (exact) mass is 581 g/mol. The molecule has 1 amide bonds. The van der Waals surface area contributed by atoms with Crippen molar-refractivity contribution in [2.75, 3.05) is 13.7 Å². The van der Waals surface area contributed by atoms with Crippen LogP contribution in [0.5, 0.6) is 28.9 Å². The van der Waals surface area contributed by atoms with E-state index < -0.39 is 17.4 Å². The maximum atomic E-state index is 13.6. The molecule has 4 N–H and O–H groups in total. The molecule has 2 aromatic heterocycles. The molecular weight excluding hydrogens is 550 g/mol. The van der Waals surface area contributed by atoms with E-state index in [1.165, 1.54) is 23.6 Å². The van der Waals surface area contributed by atoms with Crippen LogP contribution >= 0.6 is 0 Å². The largest absolute Gasteiger partial charge is 0.504 e. The highest BCUT2D eigenvalue weighted by Gasteiger charge is 2.27. The van der Waals surface area contributed by atoms with E-state index in [4.69, 9.17) is 9.47 Å². The van der Waals surface area contributed by atoms with E-state index in [9.17, 15) is 24.9 Å². The third kappa shape index (κ3) is 6.70. The molecule has 0 spiro atoms. The van der Waals surface area contributed by atoms with E-state index in [1.807, 2.05) is 30.3 Å². The van der Waals surface area contributed by atoms with Gasteiger partial charge in [0.2, 0.25) is 11.8 Å².